The van der Waals surface area contributed by atoms with Gasteiger partial charge in [0, 0.05) is 11.3 Å². The lowest BCUT2D eigenvalue weighted by Gasteiger charge is -2.10. The van der Waals surface area contributed by atoms with Crippen molar-refractivity contribution in [2.45, 2.75) is 23.9 Å². The van der Waals surface area contributed by atoms with Crippen LogP contribution < -0.4 is 4.74 Å². The lowest BCUT2D eigenvalue weighted by atomic mass is 10.2. The van der Waals surface area contributed by atoms with Crippen molar-refractivity contribution in [3.05, 3.63) is 23.8 Å². The van der Waals surface area contributed by atoms with E-state index in [1.165, 1.54) is 11.8 Å². The van der Waals surface area contributed by atoms with E-state index in [0.717, 1.165) is 4.90 Å². The first-order valence-corrected chi connectivity index (χ1v) is 6.47. The summed E-state index contributed by atoms with van der Waals surface area (Å²) in [4.78, 5) is 0.755. The molecule has 0 aromatic heterocycles. The fourth-order valence-corrected chi connectivity index (χ4v) is 1.93. The standard InChI is InChI=1S/C12H12F3NOS/c1-18-11-5-2-4-10(9(11)8-16)17-7-3-6-12(13,14)15/h2,4-5H,3,6-7H2,1H3. The fraction of sp³-hybridized carbons (Fsp3) is 0.417. The predicted octanol–water partition coefficient (Wildman–Crippen LogP) is 4.00. The Morgan fingerprint density at radius 3 is 2.67 bits per heavy atom. The molecule has 0 fully saturated rings. The molecule has 1 aromatic carbocycles. The summed E-state index contributed by atoms with van der Waals surface area (Å²) < 4.78 is 41.0. The molecule has 0 unspecified atom stereocenters. The first kappa shape index (κ1) is 14.7. The van der Waals surface area contributed by atoms with Gasteiger partial charge in [-0.25, -0.2) is 0 Å². The number of benzene rings is 1. The van der Waals surface area contributed by atoms with Gasteiger partial charge in [-0.05, 0) is 24.8 Å². The van der Waals surface area contributed by atoms with Gasteiger partial charge in [0.05, 0.1) is 6.61 Å². The number of hydrogen-bond donors (Lipinski definition) is 0. The summed E-state index contributed by atoms with van der Waals surface area (Å²) in [5.74, 6) is 0.339. The highest BCUT2D eigenvalue weighted by molar-refractivity contribution is 7.98. The second-order valence-electron chi connectivity index (χ2n) is 3.51. The highest BCUT2D eigenvalue weighted by Gasteiger charge is 2.26. The molecule has 0 amide bonds. The Balaban J connectivity index is 2.60. The molecule has 0 saturated heterocycles. The molecular formula is C12H12F3NOS. The Kier molecular flexibility index (Phi) is 5.35. The summed E-state index contributed by atoms with van der Waals surface area (Å²) >= 11 is 1.40. The van der Waals surface area contributed by atoms with Gasteiger partial charge in [0.1, 0.15) is 17.4 Å². The third-order valence-corrected chi connectivity index (χ3v) is 2.96. The van der Waals surface area contributed by atoms with Gasteiger partial charge in [-0.3, -0.25) is 0 Å². The van der Waals surface area contributed by atoms with Crippen molar-refractivity contribution in [3.63, 3.8) is 0 Å². The van der Waals surface area contributed by atoms with E-state index in [0.29, 0.717) is 11.3 Å². The molecule has 0 saturated carbocycles. The second kappa shape index (κ2) is 6.55. The average molecular weight is 275 g/mol. The summed E-state index contributed by atoms with van der Waals surface area (Å²) in [7, 11) is 0. The monoisotopic (exact) mass is 275 g/mol. The summed E-state index contributed by atoms with van der Waals surface area (Å²) in [6.45, 7) is -0.0496. The summed E-state index contributed by atoms with van der Waals surface area (Å²) in [5, 5.41) is 8.99. The summed E-state index contributed by atoms with van der Waals surface area (Å²) in [5.41, 5.74) is 0.372. The van der Waals surface area contributed by atoms with Gasteiger partial charge in [-0.15, -0.1) is 11.8 Å². The Morgan fingerprint density at radius 1 is 1.39 bits per heavy atom. The van der Waals surface area contributed by atoms with E-state index < -0.39 is 12.6 Å². The van der Waals surface area contributed by atoms with Crippen molar-refractivity contribution in [1.29, 1.82) is 5.26 Å². The Hall–Kier alpha value is -1.35. The van der Waals surface area contributed by atoms with Gasteiger partial charge in [0.2, 0.25) is 0 Å². The smallest absolute Gasteiger partial charge is 0.389 e. The largest absolute Gasteiger partial charge is 0.492 e. The zero-order valence-corrected chi connectivity index (χ0v) is 10.6. The molecule has 0 radical (unpaired) electrons. The topological polar surface area (TPSA) is 33.0 Å². The van der Waals surface area contributed by atoms with Crippen LogP contribution in [-0.4, -0.2) is 19.0 Å². The van der Waals surface area contributed by atoms with Crippen LogP contribution in [0.1, 0.15) is 18.4 Å². The quantitative estimate of drug-likeness (QED) is 0.601. The van der Waals surface area contributed by atoms with Gasteiger partial charge < -0.3 is 4.74 Å². The molecule has 2 nitrogen and oxygen atoms in total. The van der Waals surface area contributed by atoms with Gasteiger partial charge >= 0.3 is 6.18 Å². The molecule has 0 heterocycles. The number of ether oxygens (including phenoxy) is 1. The van der Waals surface area contributed by atoms with Gasteiger partial charge in [0.15, 0.2) is 0 Å². The van der Waals surface area contributed by atoms with Gasteiger partial charge in [0.25, 0.3) is 0 Å². The number of nitrogens with zero attached hydrogens (tertiary/aromatic N) is 1. The number of halogens is 3. The molecular weight excluding hydrogens is 263 g/mol. The molecule has 1 rings (SSSR count). The van der Waals surface area contributed by atoms with Gasteiger partial charge in [-0.1, -0.05) is 6.07 Å². The van der Waals surface area contributed by atoms with E-state index in [2.05, 4.69) is 0 Å². The third-order valence-electron chi connectivity index (χ3n) is 2.18. The minimum atomic E-state index is -4.16. The first-order chi connectivity index (χ1) is 8.48. The maximum atomic E-state index is 11.9. The maximum Gasteiger partial charge on any atom is 0.389 e. The average Bonchev–Trinajstić information content (AvgIpc) is 2.32. The zero-order valence-electron chi connectivity index (χ0n) is 9.75. The van der Waals surface area contributed by atoms with Crippen molar-refractivity contribution in [1.82, 2.24) is 0 Å². The van der Waals surface area contributed by atoms with Crippen molar-refractivity contribution in [2.75, 3.05) is 12.9 Å². The molecule has 0 aliphatic carbocycles. The molecule has 0 N–H and O–H groups in total. The van der Waals surface area contributed by atoms with Gasteiger partial charge in [-0.2, -0.15) is 18.4 Å². The normalized spacial score (nSPS) is 11.1. The van der Waals surface area contributed by atoms with E-state index in [4.69, 9.17) is 10.00 Å². The van der Waals surface area contributed by atoms with Crippen LogP contribution in [0.3, 0.4) is 0 Å². The molecule has 6 heteroatoms. The summed E-state index contributed by atoms with van der Waals surface area (Å²) in [6.07, 6.45) is -3.33. The first-order valence-electron chi connectivity index (χ1n) is 5.24. The lowest BCUT2D eigenvalue weighted by molar-refractivity contribution is -0.136. The highest BCUT2D eigenvalue weighted by atomic mass is 32.2. The number of alkyl halides is 3. The van der Waals surface area contributed by atoms with Crippen molar-refractivity contribution in [2.24, 2.45) is 0 Å². The molecule has 1 aromatic rings. The Bertz CT molecular complexity index is 440. The van der Waals surface area contributed by atoms with Crippen LogP contribution in [0.2, 0.25) is 0 Å². The van der Waals surface area contributed by atoms with Crippen LogP contribution in [0.4, 0.5) is 13.2 Å². The highest BCUT2D eigenvalue weighted by Crippen LogP contribution is 2.28. The van der Waals surface area contributed by atoms with E-state index in [1.54, 1.807) is 18.2 Å². The van der Waals surface area contributed by atoms with Crippen LogP contribution in [0.25, 0.3) is 0 Å². The SMILES string of the molecule is CSc1cccc(OCCCC(F)(F)F)c1C#N. The number of rotatable bonds is 5. The van der Waals surface area contributed by atoms with Crippen LogP contribution >= 0.6 is 11.8 Å². The molecule has 98 valence electrons. The maximum absolute atomic E-state index is 11.9. The van der Waals surface area contributed by atoms with Crippen LogP contribution in [0.15, 0.2) is 23.1 Å². The molecule has 0 atom stereocenters. The van der Waals surface area contributed by atoms with Crippen LogP contribution in [0, 0.1) is 11.3 Å². The van der Waals surface area contributed by atoms with Crippen molar-refractivity contribution in [3.8, 4) is 11.8 Å². The number of thioether (sulfide) groups is 1. The lowest BCUT2D eigenvalue weighted by Crippen LogP contribution is -2.10. The number of hydrogen-bond acceptors (Lipinski definition) is 3. The predicted molar refractivity (Wildman–Crippen MR) is 63.7 cm³/mol. The Morgan fingerprint density at radius 2 is 2.11 bits per heavy atom. The Labute approximate surface area is 108 Å². The van der Waals surface area contributed by atoms with Crippen LogP contribution in [-0.2, 0) is 0 Å². The minimum absolute atomic E-state index is 0.0496. The third kappa shape index (κ3) is 4.49. The van der Waals surface area contributed by atoms with Crippen LogP contribution in [0.5, 0.6) is 5.75 Å². The molecule has 0 bridgehead atoms. The van der Waals surface area contributed by atoms with E-state index in [9.17, 15) is 13.2 Å². The van der Waals surface area contributed by atoms with E-state index in [1.807, 2.05) is 12.3 Å². The zero-order chi connectivity index (χ0) is 13.6. The molecule has 18 heavy (non-hydrogen) atoms. The van der Waals surface area contributed by atoms with E-state index in [-0.39, 0.29) is 13.0 Å². The van der Waals surface area contributed by atoms with Crippen molar-refractivity contribution >= 4 is 11.8 Å². The van der Waals surface area contributed by atoms with E-state index >= 15 is 0 Å². The number of nitriles is 1. The second-order valence-corrected chi connectivity index (χ2v) is 4.36. The fourth-order valence-electron chi connectivity index (χ4n) is 1.37. The molecule has 0 aliphatic heterocycles. The molecule has 0 spiro atoms. The minimum Gasteiger partial charge on any atom is -0.492 e. The molecule has 0 aliphatic rings. The van der Waals surface area contributed by atoms with Crippen molar-refractivity contribution < 1.29 is 17.9 Å². The summed E-state index contributed by atoms with van der Waals surface area (Å²) in [6, 6.07) is 7.08.